The van der Waals surface area contributed by atoms with Crippen LogP contribution in [-0.4, -0.2) is 29.0 Å². The summed E-state index contributed by atoms with van der Waals surface area (Å²) in [6.45, 7) is 3.05. The molecule has 0 aromatic carbocycles. The van der Waals surface area contributed by atoms with E-state index in [1.807, 2.05) is 0 Å². The monoisotopic (exact) mass is 301 g/mol. The van der Waals surface area contributed by atoms with E-state index in [2.05, 4.69) is 32.1 Å². The number of nitrogens with zero attached hydrogens (tertiary/aromatic N) is 2. The topological polar surface area (TPSA) is 42.1 Å². The van der Waals surface area contributed by atoms with Crippen LogP contribution in [0.3, 0.4) is 0 Å². The van der Waals surface area contributed by atoms with Gasteiger partial charge in [0.25, 0.3) is 0 Å². The van der Waals surface area contributed by atoms with Gasteiger partial charge in [0.15, 0.2) is 0 Å². The van der Waals surface area contributed by atoms with Crippen molar-refractivity contribution in [2.75, 3.05) is 13.1 Å². The molecule has 3 rings (SSSR count). The molecule has 0 radical (unpaired) electrons. The van der Waals surface area contributed by atoms with Crippen molar-refractivity contribution in [3.63, 3.8) is 0 Å². The molecule has 0 bridgehead atoms. The zero-order valence-electron chi connectivity index (χ0n) is 9.91. The molecule has 6 heteroatoms. The third kappa shape index (κ3) is 3.10. The summed E-state index contributed by atoms with van der Waals surface area (Å²) in [6, 6.07) is 2.48. The number of halogens is 1. The lowest BCUT2D eigenvalue weighted by Crippen LogP contribution is -2.26. The summed E-state index contributed by atoms with van der Waals surface area (Å²) >= 11 is 3.45. The minimum absolute atomic E-state index is 0. The van der Waals surface area contributed by atoms with E-state index in [0.29, 0.717) is 6.04 Å². The van der Waals surface area contributed by atoms with E-state index in [0.717, 1.165) is 31.1 Å². The zero-order chi connectivity index (χ0) is 11.7. The van der Waals surface area contributed by atoms with E-state index in [1.165, 1.54) is 11.3 Å². The Morgan fingerprint density at radius 2 is 2.33 bits per heavy atom. The molecule has 2 aromatic heterocycles. The Balaban J connectivity index is 0.00000120. The summed E-state index contributed by atoms with van der Waals surface area (Å²) in [5.41, 5.74) is 8.31. The van der Waals surface area contributed by atoms with E-state index in [9.17, 15) is 0 Å². The fraction of sp³-hybridized carbons (Fsp3) is 0.417. The summed E-state index contributed by atoms with van der Waals surface area (Å²) < 4.78 is 0. The van der Waals surface area contributed by atoms with Gasteiger partial charge < -0.3 is 5.73 Å². The van der Waals surface area contributed by atoms with Gasteiger partial charge in [0, 0.05) is 42.0 Å². The Kier molecular flexibility index (Phi) is 4.75. The minimum Gasteiger partial charge on any atom is -0.326 e. The van der Waals surface area contributed by atoms with Crippen molar-refractivity contribution in [1.29, 1.82) is 0 Å². The second kappa shape index (κ2) is 6.12. The molecular formula is C12H16ClN3S2. The molecule has 0 spiro atoms. The van der Waals surface area contributed by atoms with E-state index in [4.69, 9.17) is 5.73 Å². The Morgan fingerprint density at radius 3 is 3.00 bits per heavy atom. The van der Waals surface area contributed by atoms with Crippen molar-refractivity contribution in [1.82, 2.24) is 9.88 Å². The van der Waals surface area contributed by atoms with Crippen molar-refractivity contribution in [3.8, 4) is 10.6 Å². The third-order valence-electron chi connectivity index (χ3n) is 3.01. The molecule has 0 saturated carbocycles. The predicted molar refractivity (Wildman–Crippen MR) is 80.5 cm³/mol. The lowest BCUT2D eigenvalue weighted by molar-refractivity contribution is 0.323. The molecule has 98 valence electrons. The van der Waals surface area contributed by atoms with Gasteiger partial charge in [-0.05, 0) is 17.9 Å². The first-order valence-electron chi connectivity index (χ1n) is 5.76. The van der Waals surface area contributed by atoms with Gasteiger partial charge in [-0.1, -0.05) is 0 Å². The molecule has 1 aliphatic rings. The predicted octanol–water partition coefficient (Wildman–Crippen LogP) is 2.83. The van der Waals surface area contributed by atoms with Crippen LogP contribution in [0, 0.1) is 0 Å². The molecule has 0 aliphatic carbocycles. The first-order chi connectivity index (χ1) is 8.31. The number of likely N-dealkylation sites (tertiary alicyclic amines) is 1. The highest BCUT2D eigenvalue weighted by Crippen LogP contribution is 2.26. The van der Waals surface area contributed by atoms with Gasteiger partial charge in [-0.25, -0.2) is 4.98 Å². The van der Waals surface area contributed by atoms with Gasteiger partial charge >= 0.3 is 0 Å². The minimum atomic E-state index is 0. The number of thiophene rings is 1. The van der Waals surface area contributed by atoms with Crippen LogP contribution in [0.2, 0.25) is 0 Å². The van der Waals surface area contributed by atoms with Crippen LogP contribution in [0.5, 0.6) is 0 Å². The maximum atomic E-state index is 5.90. The van der Waals surface area contributed by atoms with Gasteiger partial charge in [-0.3, -0.25) is 4.90 Å². The number of nitrogens with two attached hydrogens (primary N) is 1. The Morgan fingerprint density at radius 1 is 1.44 bits per heavy atom. The fourth-order valence-electron chi connectivity index (χ4n) is 2.13. The number of aromatic nitrogens is 1. The second-order valence-corrected chi connectivity index (χ2v) is 6.08. The van der Waals surface area contributed by atoms with Crippen LogP contribution in [0.15, 0.2) is 22.2 Å². The van der Waals surface area contributed by atoms with E-state index in [-0.39, 0.29) is 12.4 Å². The molecule has 2 N–H and O–H groups in total. The first-order valence-corrected chi connectivity index (χ1v) is 7.58. The van der Waals surface area contributed by atoms with Crippen LogP contribution >= 0.6 is 35.1 Å². The lowest BCUT2D eigenvalue weighted by atomic mass is 10.3. The van der Waals surface area contributed by atoms with Crippen molar-refractivity contribution in [2.45, 2.75) is 19.0 Å². The molecule has 0 amide bonds. The van der Waals surface area contributed by atoms with Gasteiger partial charge in [0.05, 0.1) is 5.69 Å². The highest BCUT2D eigenvalue weighted by molar-refractivity contribution is 7.14. The van der Waals surface area contributed by atoms with Crippen LogP contribution < -0.4 is 5.73 Å². The molecule has 1 atom stereocenters. The average Bonchev–Trinajstić information content (AvgIpc) is 3.00. The fourth-order valence-corrected chi connectivity index (χ4v) is 3.66. The molecule has 1 fully saturated rings. The molecule has 1 aliphatic heterocycles. The molecule has 1 unspecified atom stereocenters. The van der Waals surface area contributed by atoms with Gasteiger partial charge in [-0.15, -0.1) is 23.7 Å². The van der Waals surface area contributed by atoms with Crippen LogP contribution in [-0.2, 0) is 6.54 Å². The normalized spacial score (nSPS) is 19.9. The number of hydrogen-bond acceptors (Lipinski definition) is 5. The van der Waals surface area contributed by atoms with Crippen molar-refractivity contribution in [2.24, 2.45) is 5.73 Å². The largest absolute Gasteiger partial charge is 0.326 e. The van der Waals surface area contributed by atoms with Crippen LogP contribution in [0.1, 0.15) is 12.1 Å². The van der Waals surface area contributed by atoms with Crippen molar-refractivity contribution in [3.05, 3.63) is 27.9 Å². The summed E-state index contributed by atoms with van der Waals surface area (Å²) in [7, 11) is 0. The summed E-state index contributed by atoms with van der Waals surface area (Å²) in [5, 5.41) is 7.53. The van der Waals surface area contributed by atoms with Crippen molar-refractivity contribution < 1.29 is 0 Å². The maximum absolute atomic E-state index is 5.90. The molecule has 2 aromatic rings. The Labute approximate surface area is 121 Å². The van der Waals surface area contributed by atoms with Gasteiger partial charge in [-0.2, -0.15) is 11.3 Å². The average molecular weight is 302 g/mol. The highest BCUT2D eigenvalue weighted by atomic mass is 35.5. The van der Waals surface area contributed by atoms with E-state index >= 15 is 0 Å². The summed E-state index contributed by atoms with van der Waals surface area (Å²) in [6.07, 6.45) is 1.11. The van der Waals surface area contributed by atoms with Crippen LogP contribution in [0.4, 0.5) is 0 Å². The maximum Gasteiger partial charge on any atom is 0.124 e. The Bertz CT molecular complexity index is 483. The van der Waals surface area contributed by atoms with Crippen molar-refractivity contribution >= 4 is 35.1 Å². The molecular weight excluding hydrogens is 286 g/mol. The Hall–Kier alpha value is -0.460. The van der Waals surface area contributed by atoms with E-state index in [1.54, 1.807) is 22.7 Å². The molecule has 18 heavy (non-hydrogen) atoms. The lowest BCUT2D eigenvalue weighted by Gasteiger charge is -2.12. The number of hydrogen-bond donors (Lipinski definition) is 1. The molecule has 3 heterocycles. The van der Waals surface area contributed by atoms with Gasteiger partial charge in [0.1, 0.15) is 5.01 Å². The molecule has 3 nitrogen and oxygen atoms in total. The van der Waals surface area contributed by atoms with Crippen LogP contribution in [0.25, 0.3) is 10.6 Å². The summed E-state index contributed by atoms with van der Waals surface area (Å²) in [5.74, 6) is 0. The second-order valence-electron chi connectivity index (χ2n) is 4.44. The smallest absolute Gasteiger partial charge is 0.124 e. The SMILES string of the molecule is Cl.NC1CCN(Cc2csc(-c3ccsc3)n2)C1. The standard InChI is InChI=1S/C12H15N3S2.ClH/c13-10-1-3-15(5-10)6-11-8-17-12(14-11)9-2-4-16-7-9;/h2,4,7-8,10H,1,3,5-6,13H2;1H. The number of rotatable bonds is 3. The summed E-state index contributed by atoms with van der Waals surface area (Å²) in [4.78, 5) is 7.07. The zero-order valence-corrected chi connectivity index (χ0v) is 12.4. The third-order valence-corrected chi connectivity index (χ3v) is 4.64. The number of thiazole rings is 1. The quantitative estimate of drug-likeness (QED) is 0.948. The van der Waals surface area contributed by atoms with Gasteiger partial charge in [0.2, 0.25) is 0 Å². The highest BCUT2D eigenvalue weighted by Gasteiger charge is 2.19. The first kappa shape index (κ1) is 14.0. The molecule has 1 saturated heterocycles. The van der Waals surface area contributed by atoms with E-state index < -0.39 is 0 Å².